The van der Waals surface area contributed by atoms with Crippen molar-refractivity contribution in [1.82, 2.24) is 14.5 Å². The molecule has 0 unspecified atom stereocenters. The van der Waals surface area contributed by atoms with Crippen molar-refractivity contribution in [2.45, 2.75) is 0 Å². The van der Waals surface area contributed by atoms with Crippen LogP contribution >= 0.6 is 22.9 Å². The molecule has 2 heterocycles. The fourth-order valence-electron chi connectivity index (χ4n) is 2.87. The molecule has 4 rings (SSSR count). The summed E-state index contributed by atoms with van der Waals surface area (Å²) in [5.41, 5.74) is 1.52. The molecule has 0 radical (unpaired) electrons. The molecule has 10 heteroatoms. The fraction of sp³-hybridized carbons (Fsp3) is 0.0500. The number of hydrogen-bond acceptors (Lipinski definition) is 6. The number of halogens is 1. The average Bonchev–Trinajstić information content (AvgIpc) is 3.34. The van der Waals surface area contributed by atoms with Crippen LogP contribution in [0.3, 0.4) is 0 Å². The highest BCUT2D eigenvalue weighted by molar-refractivity contribution is 7.19. The molecule has 4 aromatic rings. The Balaban J connectivity index is 1.70. The normalized spacial score (nSPS) is 10.7. The Morgan fingerprint density at radius 2 is 2.00 bits per heavy atom. The third kappa shape index (κ3) is 3.80. The number of benzene rings is 2. The molecule has 8 nitrogen and oxygen atoms in total. The summed E-state index contributed by atoms with van der Waals surface area (Å²) in [6.45, 7) is 0. The van der Waals surface area contributed by atoms with Crippen molar-refractivity contribution >= 4 is 39.7 Å². The molecule has 2 aromatic carbocycles. The van der Waals surface area contributed by atoms with Gasteiger partial charge in [-0.2, -0.15) is 0 Å². The van der Waals surface area contributed by atoms with E-state index in [2.05, 4.69) is 15.3 Å². The molecule has 1 amide bonds. The van der Waals surface area contributed by atoms with Crippen LogP contribution in [-0.2, 0) is 7.05 Å². The Morgan fingerprint density at radius 1 is 1.23 bits per heavy atom. The summed E-state index contributed by atoms with van der Waals surface area (Å²) in [5.74, 6) is 0.217. The molecule has 150 valence electrons. The smallest absolute Gasteiger partial charge is 0.270 e. The summed E-state index contributed by atoms with van der Waals surface area (Å²) in [4.78, 5) is 32.8. The summed E-state index contributed by atoms with van der Waals surface area (Å²) in [5, 5.41) is 14.0. The van der Waals surface area contributed by atoms with Crippen LogP contribution in [0, 0.1) is 10.1 Å². The van der Waals surface area contributed by atoms with E-state index in [4.69, 9.17) is 11.6 Å². The van der Waals surface area contributed by atoms with E-state index in [1.165, 1.54) is 23.5 Å². The number of anilines is 1. The van der Waals surface area contributed by atoms with Gasteiger partial charge in [0.05, 0.1) is 26.1 Å². The van der Waals surface area contributed by atoms with Crippen molar-refractivity contribution in [3.05, 3.63) is 81.6 Å². The van der Waals surface area contributed by atoms with Crippen LogP contribution in [-0.4, -0.2) is 25.4 Å². The van der Waals surface area contributed by atoms with Crippen LogP contribution < -0.4 is 5.32 Å². The topological polar surface area (TPSA) is 103 Å². The van der Waals surface area contributed by atoms with Gasteiger partial charge < -0.3 is 4.57 Å². The van der Waals surface area contributed by atoms with E-state index in [0.29, 0.717) is 10.8 Å². The molecule has 30 heavy (non-hydrogen) atoms. The minimum absolute atomic E-state index is 0.00846. The number of carbonyl (C=O) groups is 1. The second kappa shape index (κ2) is 8.05. The van der Waals surface area contributed by atoms with Gasteiger partial charge in [-0.05, 0) is 6.07 Å². The van der Waals surface area contributed by atoms with E-state index in [1.807, 2.05) is 48.1 Å². The van der Waals surface area contributed by atoms with Crippen molar-refractivity contribution in [1.29, 1.82) is 0 Å². The van der Waals surface area contributed by atoms with Gasteiger partial charge in [0.1, 0.15) is 0 Å². The zero-order valence-corrected chi connectivity index (χ0v) is 17.1. The number of aryl methyl sites for hydroxylation is 1. The lowest BCUT2D eigenvalue weighted by atomic mass is 10.1. The summed E-state index contributed by atoms with van der Waals surface area (Å²) >= 11 is 7.36. The van der Waals surface area contributed by atoms with E-state index in [0.717, 1.165) is 22.3 Å². The third-order valence-corrected chi connectivity index (χ3v) is 5.61. The van der Waals surface area contributed by atoms with Crippen LogP contribution in [0.5, 0.6) is 0 Å². The highest BCUT2D eigenvalue weighted by Crippen LogP contribution is 2.38. The lowest BCUT2D eigenvalue weighted by Gasteiger charge is -2.04. The molecule has 0 bridgehead atoms. The number of nitrogens with one attached hydrogen (secondary N) is 1. The van der Waals surface area contributed by atoms with Crippen LogP contribution in [0.4, 0.5) is 10.8 Å². The Kier molecular flexibility index (Phi) is 5.30. The van der Waals surface area contributed by atoms with Crippen LogP contribution in [0.2, 0.25) is 5.02 Å². The number of rotatable bonds is 5. The molecule has 0 aliphatic carbocycles. The molecule has 0 saturated heterocycles. The summed E-state index contributed by atoms with van der Waals surface area (Å²) in [6, 6.07) is 13.3. The summed E-state index contributed by atoms with van der Waals surface area (Å²) in [6.07, 6.45) is 3.53. The second-order valence-electron chi connectivity index (χ2n) is 6.30. The summed E-state index contributed by atoms with van der Waals surface area (Å²) < 4.78 is 1.87. The van der Waals surface area contributed by atoms with E-state index in [9.17, 15) is 14.9 Å². The predicted molar refractivity (Wildman–Crippen MR) is 116 cm³/mol. The van der Waals surface area contributed by atoms with Crippen molar-refractivity contribution < 1.29 is 9.72 Å². The highest BCUT2D eigenvalue weighted by Gasteiger charge is 2.21. The molecular weight excluding hydrogens is 426 g/mol. The highest BCUT2D eigenvalue weighted by atomic mass is 35.5. The number of nitro benzene ring substituents is 1. The molecule has 1 N–H and O–H groups in total. The average molecular weight is 440 g/mol. The first-order valence-corrected chi connectivity index (χ1v) is 9.92. The maximum Gasteiger partial charge on any atom is 0.270 e. The molecule has 2 aromatic heterocycles. The zero-order chi connectivity index (χ0) is 21.3. The van der Waals surface area contributed by atoms with E-state index in [1.54, 1.807) is 6.20 Å². The second-order valence-corrected chi connectivity index (χ2v) is 7.71. The number of non-ortho nitro benzene ring substituents is 1. The van der Waals surface area contributed by atoms with E-state index < -0.39 is 10.8 Å². The predicted octanol–water partition coefficient (Wildman–Crippen LogP) is 5.02. The van der Waals surface area contributed by atoms with Crippen LogP contribution in [0.15, 0.2) is 60.9 Å². The van der Waals surface area contributed by atoms with Gasteiger partial charge in [0, 0.05) is 37.1 Å². The van der Waals surface area contributed by atoms with Crippen molar-refractivity contribution in [2.75, 3.05) is 5.32 Å². The molecule has 0 aliphatic heterocycles. The Hall–Kier alpha value is -3.56. The summed E-state index contributed by atoms with van der Waals surface area (Å²) in [7, 11) is 1.88. The van der Waals surface area contributed by atoms with Gasteiger partial charge in [0.2, 0.25) is 0 Å². The van der Waals surface area contributed by atoms with Crippen molar-refractivity contribution in [3.63, 3.8) is 0 Å². The minimum atomic E-state index is -0.570. The lowest BCUT2D eigenvalue weighted by Crippen LogP contribution is -2.12. The SMILES string of the molecule is Cn1ccnc1-c1sc(NC(=O)c2ccc([N+](=O)[O-])cc2Cl)nc1-c1ccccc1. The van der Waals surface area contributed by atoms with Gasteiger partial charge in [-0.25, -0.2) is 9.97 Å². The Labute approximate surface area is 179 Å². The quantitative estimate of drug-likeness (QED) is 0.347. The maximum absolute atomic E-state index is 12.7. The number of amides is 1. The minimum Gasteiger partial charge on any atom is -0.333 e. The zero-order valence-electron chi connectivity index (χ0n) is 15.6. The Bertz CT molecular complexity index is 1250. The standard InChI is InChI=1S/C20H14ClN5O3S/c1-25-10-9-22-18(25)17-16(12-5-3-2-4-6-12)23-20(30-17)24-19(27)14-8-7-13(26(28)29)11-15(14)21/h2-11H,1H3,(H,23,24,27). The number of imidazole rings is 1. The third-order valence-electron chi connectivity index (χ3n) is 4.33. The van der Waals surface area contributed by atoms with Gasteiger partial charge in [0.25, 0.3) is 11.6 Å². The molecule has 0 aliphatic rings. The van der Waals surface area contributed by atoms with Crippen molar-refractivity contribution in [3.8, 4) is 22.0 Å². The Morgan fingerprint density at radius 3 is 2.63 bits per heavy atom. The van der Waals surface area contributed by atoms with Crippen LogP contribution in [0.1, 0.15) is 10.4 Å². The largest absolute Gasteiger partial charge is 0.333 e. The first kappa shape index (κ1) is 19.7. The fourth-order valence-corrected chi connectivity index (χ4v) is 4.15. The molecule has 0 spiro atoms. The number of carbonyl (C=O) groups excluding carboxylic acids is 1. The number of nitrogens with zero attached hydrogens (tertiary/aromatic N) is 4. The van der Waals surface area contributed by atoms with Gasteiger partial charge in [-0.15, -0.1) is 0 Å². The van der Waals surface area contributed by atoms with Gasteiger partial charge in [-0.1, -0.05) is 53.3 Å². The molecule has 0 atom stereocenters. The number of hydrogen-bond donors (Lipinski definition) is 1. The van der Waals surface area contributed by atoms with E-state index >= 15 is 0 Å². The lowest BCUT2D eigenvalue weighted by molar-refractivity contribution is -0.384. The molecule has 0 fully saturated rings. The number of nitro groups is 1. The molecule has 0 saturated carbocycles. The van der Waals surface area contributed by atoms with Crippen molar-refractivity contribution in [2.24, 2.45) is 7.05 Å². The molecular formula is C20H14ClN5O3S. The number of thiazole rings is 1. The monoisotopic (exact) mass is 439 g/mol. The number of aromatic nitrogens is 3. The first-order valence-electron chi connectivity index (χ1n) is 8.73. The maximum atomic E-state index is 12.7. The van der Waals surface area contributed by atoms with Gasteiger partial charge in [-0.3, -0.25) is 20.2 Å². The van der Waals surface area contributed by atoms with Crippen LogP contribution in [0.25, 0.3) is 22.0 Å². The van der Waals surface area contributed by atoms with Gasteiger partial charge >= 0.3 is 0 Å². The van der Waals surface area contributed by atoms with Gasteiger partial charge in [0.15, 0.2) is 11.0 Å². The first-order chi connectivity index (χ1) is 14.4. The van der Waals surface area contributed by atoms with E-state index in [-0.39, 0.29) is 16.3 Å².